The van der Waals surface area contributed by atoms with E-state index < -0.39 is 29.8 Å². The summed E-state index contributed by atoms with van der Waals surface area (Å²) in [5.74, 6) is 0.571. The van der Waals surface area contributed by atoms with Crippen molar-refractivity contribution in [3.63, 3.8) is 0 Å². The number of allylic oxidation sites excluding steroid dienone is 10. The normalized spacial score (nSPS) is 27.2. The van der Waals surface area contributed by atoms with E-state index in [9.17, 15) is 15.0 Å². The van der Waals surface area contributed by atoms with Gasteiger partial charge in [-0.25, -0.2) is 0 Å². The number of rotatable bonds is 2. The summed E-state index contributed by atoms with van der Waals surface area (Å²) in [4.78, 5) is 13.1. The molecule has 0 amide bonds. The fraction of sp³-hybridized carbons (Fsp3) is 0.606. The highest BCUT2D eigenvalue weighted by atomic mass is 16.5. The smallest absolute Gasteiger partial charge is 0.125 e. The second kappa shape index (κ2) is 9.98. The maximum absolute atomic E-state index is 13.6. The summed E-state index contributed by atoms with van der Waals surface area (Å²) < 4.78 is 12.4. The molecule has 1 saturated carbocycles. The summed E-state index contributed by atoms with van der Waals surface area (Å²) in [6.07, 6.45) is 7.95. The first kappa shape index (κ1) is 30.2. The lowest BCUT2D eigenvalue weighted by molar-refractivity contribution is -0.458. The van der Waals surface area contributed by atoms with Crippen LogP contribution in [-0.4, -0.2) is 18.0 Å². The maximum atomic E-state index is 13.6. The second-order valence-electron chi connectivity index (χ2n) is 15.0. The van der Waals surface area contributed by atoms with Gasteiger partial charge >= 0.3 is 0 Å². The number of carbonyl (C=O) groups is 1. The van der Waals surface area contributed by atoms with Crippen LogP contribution in [0.2, 0.25) is 0 Å². The van der Waals surface area contributed by atoms with Gasteiger partial charge in [0.05, 0.1) is 0 Å². The van der Waals surface area contributed by atoms with Gasteiger partial charge in [-0.3, -0.25) is 0 Å². The van der Waals surface area contributed by atoms with Crippen LogP contribution in [0, 0.1) is 33.5 Å². The van der Waals surface area contributed by atoms with Crippen LogP contribution >= 0.6 is 0 Å². The molecule has 0 saturated heterocycles. The Kier molecular flexibility index (Phi) is 7.93. The highest BCUT2D eigenvalue weighted by Gasteiger charge is 2.38. The molecule has 0 aromatic rings. The Morgan fingerprint density at radius 2 is 0.921 bits per heavy atom. The molecule has 210 valence electrons. The molecule has 5 heteroatoms. The minimum Gasteiger partial charge on any atom is -0.851 e. The average molecular weight is 523 g/mol. The zero-order valence-corrected chi connectivity index (χ0v) is 25.3. The molecule has 0 spiro atoms. The van der Waals surface area contributed by atoms with Gasteiger partial charge in [0.1, 0.15) is 28.8 Å². The largest absolute Gasteiger partial charge is 0.851 e. The van der Waals surface area contributed by atoms with Crippen molar-refractivity contribution in [1.29, 1.82) is 0 Å². The van der Waals surface area contributed by atoms with E-state index in [0.717, 1.165) is 34.2 Å². The third kappa shape index (κ3) is 6.60. The minimum absolute atomic E-state index is 0.257. The molecular formula is C33H46O5-2. The van der Waals surface area contributed by atoms with Crippen LogP contribution in [-0.2, 0) is 14.3 Å². The first-order valence-corrected chi connectivity index (χ1v) is 13.6. The van der Waals surface area contributed by atoms with Crippen molar-refractivity contribution in [2.75, 3.05) is 0 Å². The summed E-state index contributed by atoms with van der Waals surface area (Å²) in [7, 11) is 0. The van der Waals surface area contributed by atoms with Crippen molar-refractivity contribution < 1.29 is 24.5 Å². The molecule has 1 fully saturated rings. The Labute approximate surface area is 229 Å². The van der Waals surface area contributed by atoms with Gasteiger partial charge in [0.25, 0.3) is 0 Å². The first-order valence-electron chi connectivity index (χ1n) is 13.6. The van der Waals surface area contributed by atoms with Crippen LogP contribution < -0.4 is 10.2 Å². The summed E-state index contributed by atoms with van der Waals surface area (Å²) in [5, 5.41) is 26.8. The fourth-order valence-electron chi connectivity index (χ4n) is 4.46. The van der Waals surface area contributed by atoms with Crippen molar-refractivity contribution in [2.24, 2.45) is 33.5 Å². The van der Waals surface area contributed by atoms with E-state index in [1.807, 2.05) is 24.3 Å². The van der Waals surface area contributed by atoms with E-state index in [0.29, 0.717) is 0 Å². The summed E-state index contributed by atoms with van der Waals surface area (Å²) >= 11 is 0. The van der Waals surface area contributed by atoms with Crippen LogP contribution in [0.15, 0.2) is 70.6 Å². The number of ketones is 1. The SMILES string of the molecule is CC(C)(C)C1=CC(=CC2C(=O)C([O-])C(C=C3C=C(C(C)(C)C)OC(C(C)(C)C)=C3)C2[O-])C=C(C(C)(C)C)O1. The molecule has 3 rings (SSSR count). The van der Waals surface area contributed by atoms with Crippen LogP contribution in [0.4, 0.5) is 0 Å². The summed E-state index contributed by atoms with van der Waals surface area (Å²) in [6.45, 7) is 24.7. The molecule has 4 unspecified atom stereocenters. The Morgan fingerprint density at radius 1 is 0.605 bits per heavy atom. The Bertz CT molecular complexity index is 1080. The second-order valence-corrected chi connectivity index (χ2v) is 15.0. The third-order valence-corrected chi connectivity index (χ3v) is 7.04. The van der Waals surface area contributed by atoms with Gasteiger partial charge in [-0.1, -0.05) is 101 Å². The van der Waals surface area contributed by atoms with Crippen LogP contribution in [0.3, 0.4) is 0 Å². The van der Waals surface area contributed by atoms with E-state index >= 15 is 0 Å². The van der Waals surface area contributed by atoms with Gasteiger partial charge in [0.15, 0.2) is 0 Å². The molecular weight excluding hydrogens is 476 g/mol. The van der Waals surface area contributed by atoms with Crippen molar-refractivity contribution in [1.82, 2.24) is 0 Å². The molecule has 0 bridgehead atoms. The fourth-order valence-corrected chi connectivity index (χ4v) is 4.46. The van der Waals surface area contributed by atoms with Crippen molar-refractivity contribution in [2.45, 2.75) is 95.3 Å². The van der Waals surface area contributed by atoms with Gasteiger partial charge < -0.3 is 24.5 Å². The zero-order valence-electron chi connectivity index (χ0n) is 25.3. The van der Waals surface area contributed by atoms with Crippen molar-refractivity contribution in [3.05, 3.63) is 70.6 Å². The molecule has 0 N–H and O–H groups in total. The van der Waals surface area contributed by atoms with Gasteiger partial charge in [0.2, 0.25) is 0 Å². The molecule has 5 nitrogen and oxygen atoms in total. The predicted molar refractivity (Wildman–Crippen MR) is 148 cm³/mol. The predicted octanol–water partition coefficient (Wildman–Crippen LogP) is 5.89. The van der Waals surface area contributed by atoms with Crippen LogP contribution in [0.5, 0.6) is 0 Å². The molecule has 4 atom stereocenters. The average Bonchev–Trinajstić information content (AvgIpc) is 2.94. The van der Waals surface area contributed by atoms with E-state index in [1.54, 1.807) is 12.2 Å². The number of ether oxygens (including phenoxy) is 2. The molecule has 3 aliphatic rings. The standard InChI is InChI=1S/C33H46O5/c1-30(2,3)23-15-19(16-24(37-23)31(4,5)6)13-21-27(34)22(29(36)28(21)35)14-20-17-25(32(7,8)9)38-26(18-20)33(10,11)12/h13-18,21-22,27-28H,1-12H3/q-2. The molecule has 1 aliphatic carbocycles. The lowest BCUT2D eigenvalue weighted by Gasteiger charge is -2.34. The quantitative estimate of drug-likeness (QED) is 0.451. The van der Waals surface area contributed by atoms with Gasteiger partial charge in [-0.15, -0.1) is 6.10 Å². The number of carbonyl (C=O) groups excluding carboxylic acids is 1. The molecule has 0 aromatic heterocycles. The van der Waals surface area contributed by atoms with E-state index in [1.165, 1.54) is 0 Å². The summed E-state index contributed by atoms with van der Waals surface area (Å²) in [5.41, 5.74) is 0.453. The lowest BCUT2D eigenvalue weighted by Crippen LogP contribution is -2.40. The number of Topliss-reactive ketones (excluding diaryl/α,β-unsaturated/α-hetero) is 1. The van der Waals surface area contributed by atoms with Crippen LogP contribution in [0.25, 0.3) is 0 Å². The number of hydrogen-bond acceptors (Lipinski definition) is 5. The minimum atomic E-state index is -1.61. The highest BCUT2D eigenvalue weighted by molar-refractivity contribution is 5.90. The van der Waals surface area contributed by atoms with Crippen molar-refractivity contribution >= 4 is 5.78 Å². The Balaban J connectivity index is 2.03. The van der Waals surface area contributed by atoms with Crippen LogP contribution in [0.1, 0.15) is 83.1 Å². The Hall–Kier alpha value is -2.37. The van der Waals surface area contributed by atoms with E-state index in [4.69, 9.17) is 9.47 Å². The zero-order chi connectivity index (χ0) is 29.0. The van der Waals surface area contributed by atoms with Gasteiger partial charge in [-0.05, 0) is 41.4 Å². The maximum Gasteiger partial charge on any atom is 0.125 e. The monoisotopic (exact) mass is 522 g/mol. The molecule has 2 heterocycles. The first-order chi connectivity index (χ1) is 17.1. The molecule has 2 aliphatic heterocycles. The van der Waals surface area contributed by atoms with Crippen molar-refractivity contribution in [3.8, 4) is 0 Å². The van der Waals surface area contributed by atoms with Gasteiger partial charge in [-0.2, -0.15) is 0 Å². The molecule has 0 aromatic carbocycles. The molecule has 38 heavy (non-hydrogen) atoms. The lowest BCUT2D eigenvalue weighted by atomic mass is 9.85. The van der Waals surface area contributed by atoms with Gasteiger partial charge in [0, 0.05) is 27.6 Å². The summed E-state index contributed by atoms with van der Waals surface area (Å²) in [6, 6.07) is 0. The number of hydrogen-bond donors (Lipinski definition) is 0. The molecule has 0 radical (unpaired) electrons. The Morgan fingerprint density at radius 3 is 1.24 bits per heavy atom. The van der Waals surface area contributed by atoms with E-state index in [-0.39, 0.29) is 21.7 Å². The third-order valence-electron chi connectivity index (χ3n) is 7.04. The van der Waals surface area contributed by atoms with E-state index in [2.05, 4.69) is 83.1 Å². The highest BCUT2D eigenvalue weighted by Crippen LogP contribution is 2.42. The topological polar surface area (TPSA) is 81.7 Å².